The fraction of sp³-hybridized carbons (Fsp3) is 0.393. The first-order chi connectivity index (χ1) is 17.9. The van der Waals surface area contributed by atoms with Crippen LogP contribution in [0.2, 0.25) is 0 Å². The van der Waals surface area contributed by atoms with Gasteiger partial charge in [-0.15, -0.1) is 11.3 Å². The largest absolute Gasteiger partial charge is 0.497 e. The summed E-state index contributed by atoms with van der Waals surface area (Å²) in [4.78, 5) is 13.2. The van der Waals surface area contributed by atoms with Crippen LogP contribution in [0.3, 0.4) is 0 Å². The lowest BCUT2D eigenvalue weighted by Gasteiger charge is -2.31. The third-order valence-electron chi connectivity index (χ3n) is 6.60. The molecule has 37 heavy (non-hydrogen) atoms. The standard InChI is InChI=1S/C28H35N3O4S2/c1-3-5-21-8-10-22(11-9-21)19-29-24-14-16-31(17-15-24)37(33,34)27-13-12-26(36-27)20-30-28(32)23-6-4-7-25(18-23)35-2/h4,6-13,18,24,29H,3,5,14-17,19-20H2,1-2H3,(H,30,32). The molecule has 1 fully saturated rings. The van der Waals surface area contributed by atoms with Crippen molar-refractivity contribution in [3.8, 4) is 5.75 Å². The fourth-order valence-corrected chi connectivity index (χ4v) is 7.35. The number of nitrogens with zero attached hydrogens (tertiary/aromatic N) is 1. The predicted molar refractivity (Wildman–Crippen MR) is 148 cm³/mol. The number of sulfonamides is 1. The molecule has 198 valence electrons. The molecule has 3 aromatic rings. The van der Waals surface area contributed by atoms with Gasteiger partial charge in [0.15, 0.2) is 0 Å². The van der Waals surface area contributed by atoms with Crippen LogP contribution in [0.25, 0.3) is 0 Å². The summed E-state index contributed by atoms with van der Waals surface area (Å²) in [5, 5.41) is 6.44. The molecular weight excluding hydrogens is 506 g/mol. The maximum atomic E-state index is 13.2. The van der Waals surface area contributed by atoms with Crippen LogP contribution in [0.4, 0.5) is 0 Å². The minimum absolute atomic E-state index is 0.233. The van der Waals surface area contributed by atoms with Crippen LogP contribution in [0, 0.1) is 0 Å². The lowest BCUT2D eigenvalue weighted by Crippen LogP contribution is -2.44. The molecule has 9 heteroatoms. The lowest BCUT2D eigenvalue weighted by atomic mass is 10.1. The second-order valence-electron chi connectivity index (χ2n) is 9.26. The number of ether oxygens (including phenoxy) is 1. The second-order valence-corrected chi connectivity index (χ2v) is 12.6. The van der Waals surface area contributed by atoms with E-state index < -0.39 is 10.0 Å². The molecule has 1 aromatic heterocycles. The van der Waals surface area contributed by atoms with Gasteiger partial charge < -0.3 is 15.4 Å². The summed E-state index contributed by atoms with van der Waals surface area (Å²) in [5.74, 6) is 0.375. The van der Waals surface area contributed by atoms with E-state index in [4.69, 9.17) is 4.74 Å². The van der Waals surface area contributed by atoms with Crippen molar-refractivity contribution < 1.29 is 17.9 Å². The van der Waals surface area contributed by atoms with Gasteiger partial charge in [0.05, 0.1) is 13.7 Å². The van der Waals surface area contributed by atoms with Crippen LogP contribution in [0.1, 0.15) is 52.5 Å². The quantitative estimate of drug-likeness (QED) is 0.371. The van der Waals surface area contributed by atoms with Crippen molar-refractivity contribution in [2.75, 3.05) is 20.2 Å². The van der Waals surface area contributed by atoms with Gasteiger partial charge in [0.2, 0.25) is 0 Å². The maximum Gasteiger partial charge on any atom is 0.252 e. The zero-order valence-electron chi connectivity index (χ0n) is 21.4. The molecule has 0 aliphatic carbocycles. The number of hydrogen-bond acceptors (Lipinski definition) is 6. The van der Waals surface area contributed by atoms with Crippen molar-refractivity contribution in [2.24, 2.45) is 0 Å². The molecule has 7 nitrogen and oxygen atoms in total. The van der Waals surface area contributed by atoms with Crippen molar-refractivity contribution in [3.05, 3.63) is 82.2 Å². The van der Waals surface area contributed by atoms with Gasteiger partial charge in [0.25, 0.3) is 15.9 Å². The van der Waals surface area contributed by atoms with Crippen LogP contribution >= 0.6 is 11.3 Å². The highest BCUT2D eigenvalue weighted by atomic mass is 32.2. The van der Waals surface area contributed by atoms with E-state index in [9.17, 15) is 13.2 Å². The topological polar surface area (TPSA) is 87.7 Å². The van der Waals surface area contributed by atoms with Gasteiger partial charge >= 0.3 is 0 Å². The summed E-state index contributed by atoms with van der Waals surface area (Å²) < 4.78 is 33.5. The van der Waals surface area contributed by atoms with Crippen LogP contribution in [0.5, 0.6) is 5.75 Å². The number of piperidine rings is 1. The van der Waals surface area contributed by atoms with Crippen molar-refractivity contribution in [2.45, 2.75) is 55.9 Å². The molecule has 1 aliphatic heterocycles. The first-order valence-corrected chi connectivity index (χ1v) is 15.0. The van der Waals surface area contributed by atoms with Crippen molar-refractivity contribution in [3.63, 3.8) is 0 Å². The number of methoxy groups -OCH3 is 1. The van der Waals surface area contributed by atoms with Gasteiger partial charge in [-0.25, -0.2) is 8.42 Å². The molecule has 0 unspecified atom stereocenters. The third-order valence-corrected chi connectivity index (χ3v) is 10.0. The number of carbonyl (C=O) groups excluding carboxylic acids is 1. The lowest BCUT2D eigenvalue weighted by molar-refractivity contribution is 0.0951. The molecule has 2 aromatic carbocycles. The molecular formula is C28H35N3O4S2. The summed E-state index contributed by atoms with van der Waals surface area (Å²) in [5.41, 5.74) is 3.11. The predicted octanol–water partition coefficient (Wildman–Crippen LogP) is 4.58. The number of benzene rings is 2. The fourth-order valence-electron chi connectivity index (χ4n) is 4.43. The smallest absolute Gasteiger partial charge is 0.252 e. The molecule has 2 heterocycles. The molecule has 1 aliphatic rings. The Bertz CT molecular complexity index is 1280. The summed E-state index contributed by atoms with van der Waals surface area (Å²) in [6.45, 7) is 4.23. The Morgan fingerprint density at radius 1 is 1.03 bits per heavy atom. The van der Waals surface area contributed by atoms with Crippen molar-refractivity contribution in [1.29, 1.82) is 0 Å². The number of carbonyl (C=O) groups is 1. The van der Waals surface area contributed by atoms with Gasteiger partial charge in [0, 0.05) is 36.1 Å². The number of nitrogens with one attached hydrogen (secondary N) is 2. The minimum atomic E-state index is -3.55. The SMILES string of the molecule is CCCc1ccc(CNC2CCN(S(=O)(=O)c3ccc(CNC(=O)c4cccc(OC)c4)s3)CC2)cc1. The van der Waals surface area contributed by atoms with Crippen LogP contribution in [-0.2, 0) is 29.5 Å². The first-order valence-electron chi connectivity index (χ1n) is 12.7. The summed E-state index contributed by atoms with van der Waals surface area (Å²) in [6, 6.07) is 19.3. The zero-order valence-corrected chi connectivity index (χ0v) is 23.0. The van der Waals surface area contributed by atoms with E-state index >= 15 is 0 Å². The van der Waals surface area contributed by atoms with Gasteiger partial charge in [-0.05, 0) is 60.7 Å². The highest BCUT2D eigenvalue weighted by Crippen LogP contribution is 2.27. The van der Waals surface area contributed by atoms with E-state index in [2.05, 4.69) is 41.8 Å². The molecule has 0 atom stereocenters. The minimum Gasteiger partial charge on any atom is -0.497 e. The Kier molecular flexibility index (Phi) is 9.37. The second kappa shape index (κ2) is 12.7. The number of amides is 1. The van der Waals surface area contributed by atoms with Gasteiger partial charge in [-0.2, -0.15) is 4.31 Å². The van der Waals surface area contributed by atoms with E-state index in [1.807, 2.05) is 0 Å². The average Bonchev–Trinajstić information content (AvgIpc) is 3.42. The average molecular weight is 542 g/mol. The molecule has 1 amide bonds. The van der Waals surface area contributed by atoms with Crippen LogP contribution in [0.15, 0.2) is 64.9 Å². The molecule has 0 bridgehead atoms. The summed E-state index contributed by atoms with van der Waals surface area (Å²) in [7, 11) is -1.99. The Hall–Kier alpha value is -2.72. The molecule has 0 saturated carbocycles. The molecule has 4 rings (SSSR count). The summed E-state index contributed by atoms with van der Waals surface area (Å²) >= 11 is 1.21. The third kappa shape index (κ3) is 7.19. The van der Waals surface area contributed by atoms with Crippen LogP contribution in [-0.4, -0.2) is 44.9 Å². The normalized spacial score (nSPS) is 15.0. The zero-order chi connectivity index (χ0) is 26.3. The number of thiophene rings is 1. The van der Waals surface area contributed by atoms with E-state index in [0.29, 0.717) is 34.7 Å². The number of aryl methyl sites for hydroxylation is 1. The highest BCUT2D eigenvalue weighted by Gasteiger charge is 2.30. The van der Waals surface area contributed by atoms with E-state index in [1.165, 1.54) is 22.5 Å². The maximum absolute atomic E-state index is 13.2. The van der Waals surface area contributed by atoms with E-state index in [1.54, 1.807) is 47.8 Å². The Balaban J connectivity index is 1.26. The number of hydrogen-bond donors (Lipinski definition) is 2. The first kappa shape index (κ1) is 27.3. The molecule has 0 spiro atoms. The van der Waals surface area contributed by atoms with Crippen molar-refractivity contribution >= 4 is 27.3 Å². The van der Waals surface area contributed by atoms with E-state index in [0.717, 1.165) is 37.1 Å². The Morgan fingerprint density at radius 3 is 2.46 bits per heavy atom. The van der Waals surface area contributed by atoms with Crippen molar-refractivity contribution in [1.82, 2.24) is 14.9 Å². The molecule has 1 saturated heterocycles. The Labute approximate surface area is 223 Å². The highest BCUT2D eigenvalue weighted by molar-refractivity contribution is 7.91. The van der Waals surface area contributed by atoms with Gasteiger partial charge in [0.1, 0.15) is 9.96 Å². The molecule has 2 N–H and O–H groups in total. The summed E-state index contributed by atoms with van der Waals surface area (Å²) in [6.07, 6.45) is 3.81. The van der Waals surface area contributed by atoms with Crippen LogP contribution < -0.4 is 15.4 Å². The molecule has 0 radical (unpaired) electrons. The monoisotopic (exact) mass is 541 g/mol. The number of rotatable bonds is 11. The van der Waals surface area contributed by atoms with Gasteiger partial charge in [-0.3, -0.25) is 4.79 Å². The van der Waals surface area contributed by atoms with E-state index in [-0.39, 0.29) is 12.5 Å². The Morgan fingerprint density at radius 2 is 1.76 bits per heavy atom. The van der Waals surface area contributed by atoms with Gasteiger partial charge in [-0.1, -0.05) is 43.7 Å².